The van der Waals surface area contributed by atoms with E-state index in [9.17, 15) is 22.8 Å². The van der Waals surface area contributed by atoms with Gasteiger partial charge in [0.2, 0.25) is 11.4 Å². The maximum absolute atomic E-state index is 13.0. The zero-order valence-corrected chi connectivity index (χ0v) is 19.8. The second kappa shape index (κ2) is 10.1. The van der Waals surface area contributed by atoms with Crippen molar-refractivity contribution in [2.75, 3.05) is 30.7 Å². The topological polar surface area (TPSA) is 132 Å². The predicted molar refractivity (Wildman–Crippen MR) is 131 cm³/mol. The molecule has 3 heterocycles. The molecule has 5 N–H and O–H groups in total. The Bertz CT molecular complexity index is 1320. The van der Waals surface area contributed by atoms with Gasteiger partial charge in [0, 0.05) is 31.5 Å². The van der Waals surface area contributed by atoms with E-state index < -0.39 is 23.4 Å². The molecule has 1 aliphatic rings. The number of nitrogens with two attached hydrogens (primary N) is 2. The van der Waals surface area contributed by atoms with Crippen molar-refractivity contribution in [2.45, 2.75) is 38.9 Å². The highest BCUT2D eigenvalue weighted by Crippen LogP contribution is 2.33. The summed E-state index contributed by atoms with van der Waals surface area (Å²) in [6, 6.07) is 7.45. The van der Waals surface area contributed by atoms with Crippen molar-refractivity contribution >= 4 is 34.4 Å². The van der Waals surface area contributed by atoms with E-state index >= 15 is 0 Å². The molecule has 2 aromatic heterocycles. The molecule has 1 saturated heterocycles. The smallest absolute Gasteiger partial charge is 0.384 e. The largest absolute Gasteiger partial charge is 0.393 e. The number of aryl methyl sites for hydroxylation is 1. The SMILES string of the molecule is CCn1c(N)c(C(N)=O)c(=O)c2cnc(Nc3ccc(CCN4CCCC(C(F)(F)F)C4)cc3)nc21. The fourth-order valence-corrected chi connectivity index (χ4v) is 4.55. The van der Waals surface area contributed by atoms with E-state index in [2.05, 4.69) is 15.3 Å². The van der Waals surface area contributed by atoms with Crippen molar-refractivity contribution in [3.63, 3.8) is 0 Å². The van der Waals surface area contributed by atoms with Crippen LogP contribution in [0.1, 0.15) is 35.7 Å². The minimum Gasteiger partial charge on any atom is -0.384 e. The Labute approximate surface area is 205 Å². The number of pyridine rings is 1. The van der Waals surface area contributed by atoms with Gasteiger partial charge >= 0.3 is 6.18 Å². The molecule has 9 nitrogen and oxygen atoms in total. The van der Waals surface area contributed by atoms with Gasteiger partial charge in [-0.15, -0.1) is 0 Å². The minimum atomic E-state index is -4.14. The molecule has 1 aromatic carbocycles. The molecule has 1 atom stereocenters. The van der Waals surface area contributed by atoms with Crippen LogP contribution in [0.4, 0.5) is 30.6 Å². The highest BCUT2D eigenvalue weighted by atomic mass is 19.4. The first-order valence-corrected chi connectivity index (χ1v) is 11.7. The third kappa shape index (κ3) is 5.27. The van der Waals surface area contributed by atoms with Crippen LogP contribution in [0.3, 0.4) is 0 Å². The summed E-state index contributed by atoms with van der Waals surface area (Å²) in [5.74, 6) is -1.98. The summed E-state index contributed by atoms with van der Waals surface area (Å²) in [6.07, 6.45) is -1.42. The molecule has 0 radical (unpaired) electrons. The summed E-state index contributed by atoms with van der Waals surface area (Å²) < 4.78 is 40.6. The molecule has 1 unspecified atom stereocenters. The molecule has 0 spiro atoms. The standard InChI is InChI=1S/C24H28F3N7O2/c1-2-34-20(28)18(21(29)36)19(35)17-12-30-23(32-22(17)34)31-16-7-5-14(6-8-16)9-11-33-10-3-4-15(13-33)24(25,26)27/h5-8,12,15H,2-4,9-11,13,28H2,1H3,(H2,29,36)(H,30,31,32). The van der Waals surface area contributed by atoms with Crippen LogP contribution in [0, 0.1) is 5.92 Å². The quantitative estimate of drug-likeness (QED) is 0.451. The van der Waals surface area contributed by atoms with Crippen molar-refractivity contribution < 1.29 is 18.0 Å². The molecule has 1 aliphatic heterocycles. The Kier molecular flexibility index (Phi) is 7.16. The number of rotatable bonds is 7. The number of nitrogens with zero attached hydrogens (tertiary/aromatic N) is 4. The molecular formula is C24H28F3N7O2. The van der Waals surface area contributed by atoms with E-state index in [-0.39, 0.29) is 41.3 Å². The molecule has 0 bridgehead atoms. The van der Waals surface area contributed by atoms with Crippen LogP contribution in [0.15, 0.2) is 35.3 Å². The first-order valence-electron chi connectivity index (χ1n) is 11.7. The van der Waals surface area contributed by atoms with Crippen LogP contribution in [-0.2, 0) is 13.0 Å². The lowest BCUT2D eigenvalue weighted by molar-refractivity contribution is -0.186. The number of fused-ring (bicyclic) bond motifs is 1. The number of hydrogen-bond donors (Lipinski definition) is 3. The Balaban J connectivity index is 1.46. The van der Waals surface area contributed by atoms with Gasteiger partial charge in [0.05, 0.1) is 11.3 Å². The number of alkyl halides is 3. The monoisotopic (exact) mass is 503 g/mol. The first kappa shape index (κ1) is 25.4. The van der Waals surface area contributed by atoms with Crippen molar-refractivity contribution in [1.29, 1.82) is 0 Å². The third-order valence-corrected chi connectivity index (χ3v) is 6.50. The molecule has 0 saturated carbocycles. The van der Waals surface area contributed by atoms with Gasteiger partial charge in [0.15, 0.2) is 5.65 Å². The summed E-state index contributed by atoms with van der Waals surface area (Å²) in [5, 5.41) is 3.20. The number of amides is 1. The molecule has 192 valence electrons. The number of likely N-dealkylation sites (tertiary alicyclic amines) is 1. The number of halogens is 3. The van der Waals surface area contributed by atoms with E-state index in [4.69, 9.17) is 11.5 Å². The summed E-state index contributed by atoms with van der Waals surface area (Å²) >= 11 is 0. The number of hydrogen-bond acceptors (Lipinski definition) is 7. The van der Waals surface area contributed by atoms with Gasteiger partial charge in [-0.2, -0.15) is 18.2 Å². The van der Waals surface area contributed by atoms with Gasteiger partial charge in [-0.05, 0) is 50.4 Å². The van der Waals surface area contributed by atoms with E-state index in [1.54, 1.807) is 6.92 Å². The zero-order chi connectivity index (χ0) is 26.0. The van der Waals surface area contributed by atoms with E-state index in [0.717, 1.165) is 5.56 Å². The fourth-order valence-electron chi connectivity index (χ4n) is 4.55. The molecule has 12 heteroatoms. The van der Waals surface area contributed by atoms with E-state index in [0.29, 0.717) is 38.2 Å². The Hall–Kier alpha value is -3.67. The number of piperidine rings is 1. The highest BCUT2D eigenvalue weighted by molar-refractivity contribution is 6.00. The molecule has 0 aliphatic carbocycles. The van der Waals surface area contributed by atoms with Crippen LogP contribution in [0.2, 0.25) is 0 Å². The molecule has 4 rings (SSSR count). The van der Waals surface area contributed by atoms with Crippen LogP contribution in [0.5, 0.6) is 0 Å². The van der Waals surface area contributed by atoms with Crippen LogP contribution >= 0.6 is 0 Å². The number of nitrogen functional groups attached to an aromatic ring is 1. The van der Waals surface area contributed by atoms with Gasteiger partial charge in [0.1, 0.15) is 11.4 Å². The van der Waals surface area contributed by atoms with Crippen molar-refractivity contribution in [1.82, 2.24) is 19.4 Å². The summed E-state index contributed by atoms with van der Waals surface area (Å²) in [7, 11) is 0. The lowest BCUT2D eigenvalue weighted by atomic mass is 9.97. The van der Waals surface area contributed by atoms with E-state index in [1.165, 1.54) is 10.8 Å². The van der Waals surface area contributed by atoms with Crippen LogP contribution in [0.25, 0.3) is 11.0 Å². The zero-order valence-electron chi connectivity index (χ0n) is 19.8. The molecule has 1 fully saturated rings. The Morgan fingerprint density at radius 1 is 1.25 bits per heavy atom. The average Bonchev–Trinajstić information content (AvgIpc) is 2.83. The predicted octanol–water partition coefficient (Wildman–Crippen LogP) is 3.05. The normalized spacial score (nSPS) is 16.8. The van der Waals surface area contributed by atoms with Gasteiger partial charge in [0.25, 0.3) is 5.91 Å². The number of aromatic nitrogens is 3. The van der Waals surface area contributed by atoms with E-state index in [1.807, 2.05) is 29.2 Å². The Morgan fingerprint density at radius 2 is 1.97 bits per heavy atom. The molecule has 36 heavy (non-hydrogen) atoms. The maximum Gasteiger partial charge on any atom is 0.393 e. The van der Waals surface area contributed by atoms with Crippen molar-refractivity contribution in [2.24, 2.45) is 11.7 Å². The number of carbonyl (C=O) groups excluding carboxylic acids is 1. The van der Waals surface area contributed by atoms with Crippen LogP contribution < -0.4 is 22.2 Å². The molecular weight excluding hydrogens is 475 g/mol. The number of primary amides is 1. The minimum absolute atomic E-state index is 0.0493. The number of nitrogens with one attached hydrogen (secondary N) is 1. The van der Waals surface area contributed by atoms with Gasteiger partial charge < -0.3 is 26.3 Å². The first-order chi connectivity index (χ1) is 17.1. The number of benzene rings is 1. The molecule has 1 amide bonds. The fraction of sp³-hybridized carbons (Fsp3) is 0.417. The van der Waals surface area contributed by atoms with Crippen molar-refractivity contribution in [3.05, 3.63) is 51.8 Å². The number of anilines is 3. The van der Waals surface area contributed by atoms with Gasteiger partial charge in [-0.25, -0.2) is 4.98 Å². The van der Waals surface area contributed by atoms with Gasteiger partial charge in [-0.3, -0.25) is 9.59 Å². The summed E-state index contributed by atoms with van der Waals surface area (Å²) in [4.78, 5) is 34.8. The second-order valence-electron chi connectivity index (χ2n) is 8.88. The summed E-state index contributed by atoms with van der Waals surface area (Å²) in [5.41, 5.74) is 12.4. The third-order valence-electron chi connectivity index (χ3n) is 6.50. The Morgan fingerprint density at radius 3 is 2.61 bits per heavy atom. The highest BCUT2D eigenvalue weighted by Gasteiger charge is 2.41. The van der Waals surface area contributed by atoms with Crippen LogP contribution in [-0.4, -0.2) is 51.2 Å². The second-order valence-corrected chi connectivity index (χ2v) is 8.88. The van der Waals surface area contributed by atoms with Crippen molar-refractivity contribution in [3.8, 4) is 0 Å². The average molecular weight is 504 g/mol. The molecule has 3 aromatic rings. The number of carbonyl (C=O) groups is 1. The lowest BCUT2D eigenvalue weighted by Gasteiger charge is -2.33. The lowest BCUT2D eigenvalue weighted by Crippen LogP contribution is -2.42. The maximum atomic E-state index is 13.0. The van der Waals surface area contributed by atoms with Gasteiger partial charge in [-0.1, -0.05) is 12.1 Å². The summed E-state index contributed by atoms with van der Waals surface area (Å²) in [6.45, 7) is 3.45.